The minimum atomic E-state index is -0.188. The number of nitrogens with zero attached hydrogens (tertiary/aromatic N) is 1. The van der Waals surface area contributed by atoms with Gasteiger partial charge >= 0.3 is 0 Å². The first-order valence-corrected chi connectivity index (χ1v) is 8.99. The van der Waals surface area contributed by atoms with Crippen LogP contribution in [-0.4, -0.2) is 43.7 Å². The summed E-state index contributed by atoms with van der Waals surface area (Å²) < 4.78 is 5.41. The Bertz CT molecular complexity index is 698. The van der Waals surface area contributed by atoms with Crippen molar-refractivity contribution >= 4 is 29.1 Å². The molecule has 0 saturated carbocycles. The molecule has 6 heteroatoms. The van der Waals surface area contributed by atoms with Crippen molar-refractivity contribution in [2.24, 2.45) is 0 Å². The van der Waals surface area contributed by atoms with Crippen molar-refractivity contribution in [1.29, 1.82) is 0 Å². The lowest BCUT2D eigenvalue weighted by Crippen LogP contribution is -2.43. The third kappa shape index (κ3) is 5.19. The summed E-state index contributed by atoms with van der Waals surface area (Å²) in [5, 5.41) is 4.01. The second kappa shape index (κ2) is 8.68. The average Bonchev–Trinajstić information content (AvgIpc) is 2.62. The molecule has 0 unspecified atom stereocenters. The summed E-state index contributed by atoms with van der Waals surface area (Å²) in [6.07, 6.45) is 0. The second-order valence-electron chi connectivity index (χ2n) is 6.01. The van der Waals surface area contributed by atoms with Gasteiger partial charge < -0.3 is 10.1 Å². The Morgan fingerprint density at radius 3 is 2.36 bits per heavy atom. The van der Waals surface area contributed by atoms with Crippen LogP contribution in [0.3, 0.4) is 0 Å². The molecule has 0 aliphatic carbocycles. The normalized spacial score (nSPS) is 16.4. The summed E-state index contributed by atoms with van der Waals surface area (Å²) in [6.45, 7) is 3.90. The number of carbonyl (C=O) groups excluding carboxylic acids is 1. The van der Waals surface area contributed by atoms with Crippen LogP contribution >= 0.6 is 23.2 Å². The smallest absolute Gasteiger partial charge is 0.251 e. The van der Waals surface area contributed by atoms with Gasteiger partial charge in [-0.25, -0.2) is 0 Å². The third-order valence-electron chi connectivity index (χ3n) is 4.18. The summed E-state index contributed by atoms with van der Waals surface area (Å²) in [6, 6.07) is 14.7. The number of hydrogen-bond donors (Lipinski definition) is 1. The molecule has 0 spiro atoms. The molecule has 0 bridgehead atoms. The number of rotatable bonds is 5. The van der Waals surface area contributed by atoms with E-state index in [9.17, 15) is 4.79 Å². The van der Waals surface area contributed by atoms with Crippen LogP contribution in [0.4, 0.5) is 0 Å². The van der Waals surface area contributed by atoms with Gasteiger partial charge in [-0.1, -0.05) is 53.5 Å². The van der Waals surface area contributed by atoms with Gasteiger partial charge in [0.1, 0.15) is 0 Å². The molecule has 1 atom stereocenters. The van der Waals surface area contributed by atoms with E-state index in [2.05, 4.69) is 10.2 Å². The van der Waals surface area contributed by atoms with Crippen LogP contribution in [0, 0.1) is 0 Å². The Labute approximate surface area is 157 Å². The highest BCUT2D eigenvalue weighted by atomic mass is 35.5. The van der Waals surface area contributed by atoms with Gasteiger partial charge in [-0.3, -0.25) is 9.69 Å². The van der Waals surface area contributed by atoms with Gasteiger partial charge in [0.2, 0.25) is 0 Å². The number of halogens is 2. The van der Waals surface area contributed by atoms with Crippen LogP contribution in [0.2, 0.25) is 10.0 Å². The lowest BCUT2D eigenvalue weighted by molar-refractivity contribution is 0.0332. The molecule has 1 amide bonds. The molecule has 132 valence electrons. The third-order valence-corrected chi connectivity index (χ3v) is 4.61. The first-order valence-electron chi connectivity index (χ1n) is 8.24. The van der Waals surface area contributed by atoms with E-state index >= 15 is 0 Å². The Hall–Kier alpha value is -1.59. The van der Waals surface area contributed by atoms with E-state index in [1.165, 1.54) is 0 Å². The average molecular weight is 379 g/mol. The molecule has 1 heterocycles. The predicted octanol–water partition coefficient (Wildman–Crippen LogP) is 3.80. The topological polar surface area (TPSA) is 41.6 Å². The first-order chi connectivity index (χ1) is 12.1. The minimum Gasteiger partial charge on any atom is -0.379 e. The van der Waals surface area contributed by atoms with E-state index in [1.54, 1.807) is 18.2 Å². The molecule has 1 aliphatic rings. The van der Waals surface area contributed by atoms with Crippen LogP contribution in [0.1, 0.15) is 22.0 Å². The minimum absolute atomic E-state index is 0.121. The predicted molar refractivity (Wildman–Crippen MR) is 100 cm³/mol. The molecule has 4 nitrogen and oxygen atoms in total. The van der Waals surface area contributed by atoms with Crippen molar-refractivity contribution < 1.29 is 9.53 Å². The zero-order valence-corrected chi connectivity index (χ0v) is 15.3. The number of amides is 1. The standard InChI is InChI=1S/C19H20Cl2N2O2/c20-16-10-15(11-17(21)12-16)19(24)22-18(14-4-2-1-3-5-14)13-23-6-8-25-9-7-23/h1-5,10-12,18H,6-9,13H2,(H,22,24)/t18-/m0/s1. The number of benzene rings is 2. The Balaban J connectivity index is 1.77. The molecule has 0 radical (unpaired) electrons. The fourth-order valence-electron chi connectivity index (χ4n) is 2.89. The highest BCUT2D eigenvalue weighted by Crippen LogP contribution is 2.21. The summed E-state index contributed by atoms with van der Waals surface area (Å²) in [4.78, 5) is 15.0. The second-order valence-corrected chi connectivity index (χ2v) is 6.88. The lowest BCUT2D eigenvalue weighted by atomic mass is 10.1. The quantitative estimate of drug-likeness (QED) is 0.860. The van der Waals surface area contributed by atoms with E-state index in [4.69, 9.17) is 27.9 Å². The zero-order chi connectivity index (χ0) is 17.6. The van der Waals surface area contributed by atoms with Gasteiger partial charge in [0.05, 0.1) is 19.3 Å². The molecule has 1 N–H and O–H groups in total. The highest BCUT2D eigenvalue weighted by Gasteiger charge is 2.21. The van der Waals surface area contributed by atoms with Crippen molar-refractivity contribution in [2.75, 3.05) is 32.8 Å². The highest BCUT2D eigenvalue weighted by molar-refractivity contribution is 6.35. The van der Waals surface area contributed by atoms with Crippen molar-refractivity contribution in [3.05, 3.63) is 69.7 Å². The molecular weight excluding hydrogens is 359 g/mol. The van der Waals surface area contributed by atoms with Crippen LogP contribution in [0.25, 0.3) is 0 Å². The Morgan fingerprint density at radius 1 is 1.08 bits per heavy atom. The molecule has 1 fully saturated rings. The lowest BCUT2D eigenvalue weighted by Gasteiger charge is -2.31. The van der Waals surface area contributed by atoms with Crippen LogP contribution < -0.4 is 5.32 Å². The number of morpholine rings is 1. The molecule has 3 rings (SSSR count). The van der Waals surface area contributed by atoms with Crippen LogP contribution in [0.15, 0.2) is 48.5 Å². The van der Waals surface area contributed by atoms with Crippen molar-refractivity contribution in [3.8, 4) is 0 Å². The van der Waals surface area contributed by atoms with Gasteiger partial charge in [0.15, 0.2) is 0 Å². The van der Waals surface area contributed by atoms with Gasteiger partial charge in [0.25, 0.3) is 5.91 Å². The molecule has 1 aliphatic heterocycles. The first kappa shape index (κ1) is 18.2. The summed E-state index contributed by atoms with van der Waals surface area (Å²) in [5.74, 6) is -0.188. The SMILES string of the molecule is O=C(N[C@@H](CN1CCOCC1)c1ccccc1)c1cc(Cl)cc(Cl)c1. The van der Waals surface area contributed by atoms with E-state index in [1.807, 2.05) is 30.3 Å². The zero-order valence-electron chi connectivity index (χ0n) is 13.8. The van der Waals surface area contributed by atoms with Crippen molar-refractivity contribution in [3.63, 3.8) is 0 Å². The number of carbonyl (C=O) groups is 1. The van der Waals surface area contributed by atoms with Crippen molar-refractivity contribution in [2.45, 2.75) is 6.04 Å². The fourth-order valence-corrected chi connectivity index (χ4v) is 3.41. The van der Waals surface area contributed by atoms with E-state index in [0.29, 0.717) is 15.6 Å². The van der Waals surface area contributed by atoms with Gasteiger partial charge in [-0.2, -0.15) is 0 Å². The molecule has 2 aromatic carbocycles. The molecule has 25 heavy (non-hydrogen) atoms. The van der Waals surface area contributed by atoms with Crippen LogP contribution in [-0.2, 0) is 4.74 Å². The monoisotopic (exact) mass is 378 g/mol. The van der Waals surface area contributed by atoms with Gasteiger partial charge in [0, 0.05) is 35.2 Å². The summed E-state index contributed by atoms with van der Waals surface area (Å²) in [7, 11) is 0. The van der Waals surface area contributed by atoms with E-state index < -0.39 is 0 Å². The Kier molecular flexibility index (Phi) is 6.32. The maximum Gasteiger partial charge on any atom is 0.251 e. The van der Waals surface area contributed by atoms with Gasteiger partial charge in [-0.15, -0.1) is 0 Å². The maximum absolute atomic E-state index is 12.7. The fraction of sp³-hybridized carbons (Fsp3) is 0.316. The Morgan fingerprint density at radius 2 is 1.72 bits per heavy atom. The summed E-state index contributed by atoms with van der Waals surface area (Å²) >= 11 is 12.0. The number of nitrogens with one attached hydrogen (secondary N) is 1. The van der Waals surface area contributed by atoms with Gasteiger partial charge in [-0.05, 0) is 23.8 Å². The maximum atomic E-state index is 12.7. The molecule has 1 saturated heterocycles. The van der Waals surface area contributed by atoms with E-state index in [0.717, 1.165) is 38.4 Å². The summed E-state index contributed by atoms with van der Waals surface area (Å²) in [5.41, 5.74) is 1.52. The van der Waals surface area contributed by atoms with E-state index in [-0.39, 0.29) is 11.9 Å². The molecule has 2 aromatic rings. The molecular formula is C19H20Cl2N2O2. The number of ether oxygens (including phenoxy) is 1. The number of hydrogen-bond acceptors (Lipinski definition) is 3. The van der Waals surface area contributed by atoms with Crippen LogP contribution in [0.5, 0.6) is 0 Å². The van der Waals surface area contributed by atoms with Crippen molar-refractivity contribution in [1.82, 2.24) is 10.2 Å². The largest absolute Gasteiger partial charge is 0.379 e. The molecule has 0 aromatic heterocycles.